The molecule has 0 radical (unpaired) electrons. The lowest BCUT2D eigenvalue weighted by atomic mass is 10.1. The molecule has 0 saturated carbocycles. The van der Waals surface area contributed by atoms with E-state index in [0.29, 0.717) is 37.6 Å². The highest BCUT2D eigenvalue weighted by Crippen LogP contribution is 2.34. The first-order valence-electron chi connectivity index (χ1n) is 10.9. The van der Waals surface area contributed by atoms with Crippen LogP contribution in [0.2, 0.25) is 0 Å². The molecule has 10 heteroatoms. The molecule has 1 aromatic rings. The highest BCUT2D eigenvalue weighted by molar-refractivity contribution is 7.89. The van der Waals surface area contributed by atoms with E-state index in [1.54, 1.807) is 11.0 Å². The fourth-order valence-electron chi connectivity index (χ4n) is 4.14. The van der Waals surface area contributed by atoms with E-state index in [1.807, 2.05) is 6.92 Å². The number of ether oxygens (including phenoxy) is 2. The predicted molar refractivity (Wildman–Crippen MR) is 113 cm³/mol. The molecule has 9 nitrogen and oxygen atoms in total. The Kier molecular flexibility index (Phi) is 6.49. The van der Waals surface area contributed by atoms with Crippen molar-refractivity contribution in [3.05, 3.63) is 18.2 Å². The number of carbonyl (C=O) groups excluding carboxylic acids is 2. The van der Waals surface area contributed by atoms with E-state index in [9.17, 15) is 18.0 Å². The number of nitrogens with zero attached hydrogens (tertiary/aromatic N) is 2. The van der Waals surface area contributed by atoms with Gasteiger partial charge in [0.05, 0.1) is 10.6 Å². The summed E-state index contributed by atoms with van der Waals surface area (Å²) in [5, 5.41) is 2.77. The number of fused-ring (bicyclic) bond motifs is 1. The van der Waals surface area contributed by atoms with Gasteiger partial charge in [0, 0.05) is 32.8 Å². The normalized spacial score (nSPS) is 24.4. The van der Waals surface area contributed by atoms with Crippen molar-refractivity contribution in [1.82, 2.24) is 9.21 Å². The van der Waals surface area contributed by atoms with Gasteiger partial charge in [0.25, 0.3) is 11.8 Å². The van der Waals surface area contributed by atoms with Crippen LogP contribution in [-0.4, -0.2) is 74.4 Å². The maximum absolute atomic E-state index is 13.1. The number of sulfonamides is 1. The second-order valence-corrected chi connectivity index (χ2v) is 10.1. The highest BCUT2D eigenvalue weighted by Gasteiger charge is 2.35. The number of unbranched alkanes of at least 4 members (excludes halogenated alkanes) is 1. The van der Waals surface area contributed by atoms with Crippen LogP contribution < -0.4 is 10.1 Å². The minimum atomic E-state index is -3.75. The zero-order chi connectivity index (χ0) is 22.0. The molecule has 2 unspecified atom stereocenters. The number of rotatable bonds is 6. The van der Waals surface area contributed by atoms with E-state index < -0.39 is 22.2 Å². The summed E-state index contributed by atoms with van der Waals surface area (Å²) in [6.45, 7) is 3.76. The fraction of sp³-hybridized carbons (Fsp3) is 0.619. The minimum Gasteiger partial charge on any atom is -0.478 e. The number of amides is 2. The molecular weight excluding hydrogens is 422 g/mol. The van der Waals surface area contributed by atoms with E-state index in [0.717, 1.165) is 25.7 Å². The van der Waals surface area contributed by atoms with Crippen LogP contribution in [-0.2, 0) is 24.3 Å². The predicted octanol–water partition coefficient (Wildman–Crippen LogP) is 1.59. The molecular formula is C21H29N3O6S. The van der Waals surface area contributed by atoms with E-state index in [2.05, 4.69) is 5.32 Å². The summed E-state index contributed by atoms with van der Waals surface area (Å²) in [5.74, 6) is 0.171. The monoisotopic (exact) mass is 451 g/mol. The van der Waals surface area contributed by atoms with Crippen molar-refractivity contribution in [2.24, 2.45) is 0 Å². The molecule has 3 heterocycles. The van der Waals surface area contributed by atoms with Crippen molar-refractivity contribution in [2.45, 2.75) is 56.1 Å². The molecule has 4 rings (SSSR count). The summed E-state index contributed by atoms with van der Waals surface area (Å²) >= 11 is 0. The average Bonchev–Trinajstić information content (AvgIpc) is 3.32. The molecule has 3 aliphatic heterocycles. The lowest BCUT2D eigenvalue weighted by molar-refractivity contribution is -0.142. The first kappa shape index (κ1) is 22.0. The summed E-state index contributed by atoms with van der Waals surface area (Å²) in [5.41, 5.74) is 0.367. The van der Waals surface area contributed by atoms with Gasteiger partial charge >= 0.3 is 0 Å². The molecule has 0 spiro atoms. The van der Waals surface area contributed by atoms with E-state index in [1.165, 1.54) is 16.4 Å². The molecule has 2 fully saturated rings. The largest absolute Gasteiger partial charge is 0.478 e. The molecule has 0 aromatic heterocycles. The van der Waals surface area contributed by atoms with Crippen molar-refractivity contribution in [2.75, 3.05) is 38.1 Å². The maximum atomic E-state index is 13.1. The van der Waals surface area contributed by atoms with Crippen molar-refractivity contribution < 1.29 is 27.5 Å². The van der Waals surface area contributed by atoms with Crippen LogP contribution in [0.1, 0.15) is 39.0 Å². The van der Waals surface area contributed by atoms with Crippen molar-refractivity contribution in [3.63, 3.8) is 0 Å². The van der Waals surface area contributed by atoms with E-state index in [4.69, 9.17) is 9.47 Å². The number of benzene rings is 1. The number of piperazine rings is 1. The third-order valence-electron chi connectivity index (χ3n) is 5.98. The van der Waals surface area contributed by atoms with Gasteiger partial charge in [0.15, 0.2) is 6.10 Å². The van der Waals surface area contributed by atoms with Gasteiger partial charge in [0.2, 0.25) is 10.0 Å². The Morgan fingerprint density at radius 3 is 2.68 bits per heavy atom. The zero-order valence-electron chi connectivity index (χ0n) is 17.7. The number of carbonyl (C=O) groups is 2. The van der Waals surface area contributed by atoms with Crippen LogP contribution in [0.4, 0.5) is 5.69 Å². The van der Waals surface area contributed by atoms with Crippen LogP contribution in [0.15, 0.2) is 23.1 Å². The zero-order valence-corrected chi connectivity index (χ0v) is 18.5. The number of hydrogen-bond acceptors (Lipinski definition) is 6. The summed E-state index contributed by atoms with van der Waals surface area (Å²) < 4.78 is 38.9. The summed E-state index contributed by atoms with van der Waals surface area (Å²) in [7, 11) is -3.75. The molecule has 1 N–H and O–H groups in total. The summed E-state index contributed by atoms with van der Waals surface area (Å²) in [6, 6.07) is 4.55. The molecule has 2 amide bonds. The van der Waals surface area contributed by atoms with E-state index >= 15 is 0 Å². The number of anilines is 1. The minimum absolute atomic E-state index is 0.0548. The standard InChI is InChI=1S/C21H29N3O6S/c1-2-3-5-18-20(25)22-16-14-15(7-8-17(16)30-18)31(27,28)24-11-9-23(10-12-24)21(26)19-6-4-13-29-19/h7-8,14,18-19H,2-6,9-13H2,1H3,(H,22,25). The Bertz CT molecular complexity index is 936. The molecule has 1 aromatic carbocycles. The number of hydrogen-bond donors (Lipinski definition) is 1. The summed E-state index contributed by atoms with van der Waals surface area (Å²) in [6.07, 6.45) is 3.11. The second-order valence-electron chi connectivity index (χ2n) is 8.13. The van der Waals surface area contributed by atoms with Crippen LogP contribution in [0.5, 0.6) is 5.75 Å². The van der Waals surface area contributed by atoms with Gasteiger partial charge in [-0.25, -0.2) is 8.42 Å². The number of nitrogens with one attached hydrogen (secondary N) is 1. The van der Waals surface area contributed by atoms with E-state index in [-0.39, 0.29) is 29.8 Å². The second kappa shape index (κ2) is 9.13. The van der Waals surface area contributed by atoms with Crippen LogP contribution in [0.25, 0.3) is 0 Å². The molecule has 0 aliphatic carbocycles. The van der Waals surface area contributed by atoms with Gasteiger partial charge in [0.1, 0.15) is 11.9 Å². The van der Waals surface area contributed by atoms with Gasteiger partial charge in [-0.15, -0.1) is 0 Å². The topological polar surface area (TPSA) is 105 Å². The maximum Gasteiger partial charge on any atom is 0.265 e. The molecule has 0 bridgehead atoms. The fourth-order valence-corrected chi connectivity index (χ4v) is 5.59. The first-order chi connectivity index (χ1) is 14.9. The molecule has 3 aliphatic rings. The van der Waals surface area contributed by atoms with Gasteiger partial charge < -0.3 is 19.7 Å². The summed E-state index contributed by atoms with van der Waals surface area (Å²) in [4.78, 5) is 26.6. The Labute approximate surface area is 182 Å². The lowest BCUT2D eigenvalue weighted by Crippen LogP contribution is -2.52. The van der Waals surface area contributed by atoms with Gasteiger partial charge in [-0.3, -0.25) is 9.59 Å². The quantitative estimate of drug-likeness (QED) is 0.704. The van der Waals surface area contributed by atoms with Crippen LogP contribution >= 0.6 is 0 Å². The van der Waals surface area contributed by atoms with Gasteiger partial charge in [-0.1, -0.05) is 13.3 Å². The third-order valence-corrected chi connectivity index (χ3v) is 7.88. The van der Waals surface area contributed by atoms with Gasteiger partial charge in [-0.05, 0) is 43.9 Å². The van der Waals surface area contributed by atoms with Gasteiger partial charge in [-0.2, -0.15) is 4.31 Å². The van der Waals surface area contributed by atoms with Crippen molar-refractivity contribution >= 4 is 27.5 Å². The Balaban J connectivity index is 1.42. The van der Waals surface area contributed by atoms with Crippen molar-refractivity contribution in [3.8, 4) is 5.75 Å². The Morgan fingerprint density at radius 2 is 2.00 bits per heavy atom. The SMILES string of the molecule is CCCCC1Oc2ccc(S(=O)(=O)N3CCN(C(=O)C4CCCO4)CC3)cc2NC1=O. The highest BCUT2D eigenvalue weighted by atomic mass is 32.2. The molecule has 2 saturated heterocycles. The molecule has 170 valence electrons. The van der Waals surface area contributed by atoms with Crippen molar-refractivity contribution in [1.29, 1.82) is 0 Å². The smallest absolute Gasteiger partial charge is 0.265 e. The van der Waals surface area contributed by atoms with Crippen LogP contribution in [0.3, 0.4) is 0 Å². The Morgan fingerprint density at radius 1 is 1.23 bits per heavy atom. The Hall–Kier alpha value is -2.17. The molecule has 2 atom stereocenters. The van der Waals surface area contributed by atoms with Crippen LogP contribution in [0, 0.1) is 0 Å². The first-order valence-corrected chi connectivity index (χ1v) is 12.4. The third kappa shape index (κ3) is 4.56. The lowest BCUT2D eigenvalue weighted by Gasteiger charge is -2.35. The molecule has 31 heavy (non-hydrogen) atoms. The average molecular weight is 452 g/mol.